The molecule has 1 aliphatic rings. The molecule has 1 atom stereocenters. The quantitative estimate of drug-likeness (QED) is 0.238. The van der Waals surface area contributed by atoms with Crippen LogP contribution < -0.4 is 4.74 Å². The number of carbonyl (C=O) groups is 2. The molecule has 1 aliphatic heterocycles. The molecule has 1 fully saturated rings. The molecule has 3 rings (SSSR count). The Bertz CT molecular complexity index is 1050. The van der Waals surface area contributed by atoms with Gasteiger partial charge in [-0.05, 0) is 43.9 Å². The van der Waals surface area contributed by atoms with E-state index in [4.69, 9.17) is 4.74 Å². The number of Topliss-reactive ketones (excluding diaryl/α,β-unsaturated/α-hetero) is 1. The molecule has 162 valence electrons. The van der Waals surface area contributed by atoms with E-state index >= 15 is 0 Å². The van der Waals surface area contributed by atoms with Crippen LogP contribution in [-0.2, 0) is 9.59 Å². The zero-order valence-corrected chi connectivity index (χ0v) is 17.4. The van der Waals surface area contributed by atoms with Crippen molar-refractivity contribution in [3.8, 4) is 5.75 Å². The van der Waals surface area contributed by atoms with E-state index in [1.165, 1.54) is 36.3 Å². The summed E-state index contributed by atoms with van der Waals surface area (Å²) in [5.74, 6) is -1.55. The SMILES string of the molecule is COc1ccccc1/C(O)=C1\C(=O)C(=O)N(CCN(C)C)C1c1ccc([N+](=O)[O-])cc1. The van der Waals surface area contributed by atoms with Crippen molar-refractivity contribution < 1.29 is 24.4 Å². The summed E-state index contributed by atoms with van der Waals surface area (Å²) < 4.78 is 5.29. The molecule has 2 aromatic carbocycles. The minimum absolute atomic E-state index is 0.0814. The summed E-state index contributed by atoms with van der Waals surface area (Å²) >= 11 is 0. The zero-order chi connectivity index (χ0) is 22.7. The third kappa shape index (κ3) is 4.26. The monoisotopic (exact) mass is 425 g/mol. The molecule has 0 spiro atoms. The summed E-state index contributed by atoms with van der Waals surface area (Å²) in [7, 11) is 5.12. The van der Waals surface area contributed by atoms with Gasteiger partial charge in [0, 0.05) is 25.2 Å². The minimum atomic E-state index is -0.884. The summed E-state index contributed by atoms with van der Waals surface area (Å²) in [6.45, 7) is 0.729. The lowest BCUT2D eigenvalue weighted by atomic mass is 9.95. The van der Waals surface area contributed by atoms with Gasteiger partial charge in [0.05, 0.1) is 29.2 Å². The number of amides is 1. The van der Waals surface area contributed by atoms with Crippen molar-refractivity contribution in [2.75, 3.05) is 34.3 Å². The van der Waals surface area contributed by atoms with Gasteiger partial charge in [-0.15, -0.1) is 0 Å². The van der Waals surface area contributed by atoms with Crippen LogP contribution in [0, 0.1) is 10.1 Å². The minimum Gasteiger partial charge on any atom is -0.507 e. The van der Waals surface area contributed by atoms with Crippen molar-refractivity contribution in [1.29, 1.82) is 0 Å². The summed E-state index contributed by atoms with van der Waals surface area (Å²) in [4.78, 5) is 39.6. The molecule has 1 N–H and O–H groups in total. The standard InChI is InChI=1S/C22H23N3O6/c1-23(2)12-13-24-19(14-8-10-15(11-9-14)25(29)30)18(21(27)22(24)28)20(26)16-6-4-5-7-17(16)31-3/h4-11,19,26H,12-13H2,1-3H3/b20-18+. The highest BCUT2D eigenvalue weighted by molar-refractivity contribution is 6.46. The van der Waals surface area contributed by atoms with Crippen molar-refractivity contribution in [3.63, 3.8) is 0 Å². The molecule has 31 heavy (non-hydrogen) atoms. The van der Waals surface area contributed by atoms with Crippen molar-refractivity contribution in [1.82, 2.24) is 9.80 Å². The third-order valence-electron chi connectivity index (χ3n) is 5.11. The first-order chi connectivity index (χ1) is 14.8. The van der Waals surface area contributed by atoms with Gasteiger partial charge in [-0.2, -0.15) is 0 Å². The molecule has 0 aromatic heterocycles. The lowest BCUT2D eigenvalue weighted by molar-refractivity contribution is -0.384. The summed E-state index contributed by atoms with van der Waals surface area (Å²) in [5, 5.41) is 22.1. The molecule has 1 unspecified atom stereocenters. The largest absolute Gasteiger partial charge is 0.507 e. The number of non-ortho nitro benzene ring substituents is 1. The van der Waals surface area contributed by atoms with Gasteiger partial charge in [-0.3, -0.25) is 19.7 Å². The number of carbonyl (C=O) groups excluding carboxylic acids is 2. The Kier molecular flexibility index (Phi) is 6.36. The molecule has 2 aromatic rings. The number of aliphatic hydroxyl groups is 1. The number of hydrogen-bond donors (Lipinski definition) is 1. The van der Waals surface area contributed by atoms with Gasteiger partial charge < -0.3 is 19.6 Å². The molecule has 1 amide bonds. The number of nitrogens with zero attached hydrogens (tertiary/aromatic N) is 3. The highest BCUT2D eigenvalue weighted by atomic mass is 16.6. The number of likely N-dealkylation sites (tertiary alicyclic amines) is 1. The first kappa shape index (κ1) is 22.0. The van der Waals surface area contributed by atoms with E-state index in [2.05, 4.69) is 0 Å². The molecule has 0 radical (unpaired) electrons. The fourth-order valence-corrected chi connectivity index (χ4v) is 3.53. The molecule has 0 aliphatic carbocycles. The smallest absolute Gasteiger partial charge is 0.295 e. The van der Waals surface area contributed by atoms with E-state index in [-0.39, 0.29) is 29.1 Å². The maximum absolute atomic E-state index is 13.0. The maximum atomic E-state index is 13.0. The number of likely N-dealkylation sites (N-methyl/N-ethyl adjacent to an activating group) is 1. The predicted molar refractivity (Wildman–Crippen MR) is 114 cm³/mol. The second kappa shape index (κ2) is 8.97. The summed E-state index contributed by atoms with van der Waals surface area (Å²) in [6, 6.07) is 11.4. The Morgan fingerprint density at radius 1 is 1.16 bits per heavy atom. The Morgan fingerprint density at radius 3 is 2.39 bits per heavy atom. The zero-order valence-electron chi connectivity index (χ0n) is 17.4. The molecule has 0 bridgehead atoms. The van der Waals surface area contributed by atoms with E-state index < -0.39 is 22.7 Å². The topological polar surface area (TPSA) is 113 Å². The number of hydrogen-bond acceptors (Lipinski definition) is 7. The molecular formula is C22H23N3O6. The van der Waals surface area contributed by atoms with E-state index in [0.717, 1.165) is 0 Å². The fraction of sp³-hybridized carbons (Fsp3) is 0.273. The van der Waals surface area contributed by atoms with Gasteiger partial charge in [-0.25, -0.2) is 0 Å². The second-order valence-electron chi connectivity index (χ2n) is 7.34. The van der Waals surface area contributed by atoms with E-state index in [1.54, 1.807) is 24.3 Å². The first-order valence-corrected chi connectivity index (χ1v) is 9.57. The molecule has 9 nitrogen and oxygen atoms in total. The van der Waals surface area contributed by atoms with Crippen LogP contribution in [0.4, 0.5) is 5.69 Å². The number of methoxy groups -OCH3 is 1. The van der Waals surface area contributed by atoms with Gasteiger partial charge >= 0.3 is 0 Å². The Hall–Kier alpha value is -3.72. The van der Waals surface area contributed by atoms with E-state index in [9.17, 15) is 24.8 Å². The van der Waals surface area contributed by atoms with Crippen LogP contribution in [0.1, 0.15) is 17.2 Å². The normalized spacial score (nSPS) is 17.9. The van der Waals surface area contributed by atoms with Crippen LogP contribution in [0.2, 0.25) is 0 Å². The molecule has 0 saturated carbocycles. The van der Waals surface area contributed by atoms with Gasteiger partial charge in [0.1, 0.15) is 11.5 Å². The van der Waals surface area contributed by atoms with Gasteiger partial charge in [0.25, 0.3) is 17.4 Å². The number of ketones is 1. The van der Waals surface area contributed by atoms with Crippen LogP contribution in [0.3, 0.4) is 0 Å². The van der Waals surface area contributed by atoms with Gasteiger partial charge in [0.15, 0.2) is 0 Å². The number of nitro benzene ring substituents is 1. The maximum Gasteiger partial charge on any atom is 0.295 e. The number of ether oxygens (including phenoxy) is 1. The fourth-order valence-electron chi connectivity index (χ4n) is 3.53. The lowest BCUT2D eigenvalue weighted by Gasteiger charge is -2.26. The average molecular weight is 425 g/mol. The number of para-hydroxylation sites is 1. The van der Waals surface area contributed by atoms with Crippen LogP contribution in [0.25, 0.3) is 5.76 Å². The number of nitro groups is 1. The average Bonchev–Trinajstić information content (AvgIpc) is 3.01. The third-order valence-corrected chi connectivity index (χ3v) is 5.11. The van der Waals surface area contributed by atoms with Crippen molar-refractivity contribution in [3.05, 3.63) is 75.3 Å². The second-order valence-corrected chi connectivity index (χ2v) is 7.34. The van der Waals surface area contributed by atoms with E-state index in [1.807, 2.05) is 19.0 Å². The molecule has 9 heteroatoms. The Labute approximate surface area is 179 Å². The highest BCUT2D eigenvalue weighted by Gasteiger charge is 2.46. The number of rotatable bonds is 7. The van der Waals surface area contributed by atoms with Crippen LogP contribution in [0.5, 0.6) is 5.75 Å². The predicted octanol–water partition coefficient (Wildman–Crippen LogP) is 2.59. The van der Waals surface area contributed by atoms with Crippen molar-refractivity contribution in [2.45, 2.75) is 6.04 Å². The molecule has 1 heterocycles. The van der Waals surface area contributed by atoms with Gasteiger partial charge in [0.2, 0.25) is 0 Å². The van der Waals surface area contributed by atoms with Crippen LogP contribution >= 0.6 is 0 Å². The summed E-state index contributed by atoms with van der Waals surface area (Å²) in [5.41, 5.74) is 0.573. The highest BCUT2D eigenvalue weighted by Crippen LogP contribution is 2.41. The van der Waals surface area contributed by atoms with Gasteiger partial charge in [-0.1, -0.05) is 12.1 Å². The first-order valence-electron chi connectivity index (χ1n) is 9.57. The van der Waals surface area contributed by atoms with Crippen LogP contribution in [-0.4, -0.2) is 65.8 Å². The van der Waals surface area contributed by atoms with Crippen molar-refractivity contribution >= 4 is 23.1 Å². The number of aliphatic hydroxyl groups excluding tert-OH is 1. The lowest BCUT2D eigenvalue weighted by Crippen LogP contribution is -2.35. The van der Waals surface area contributed by atoms with Crippen LogP contribution in [0.15, 0.2) is 54.1 Å². The Morgan fingerprint density at radius 2 is 1.81 bits per heavy atom. The molecule has 1 saturated heterocycles. The number of benzene rings is 2. The van der Waals surface area contributed by atoms with Crippen molar-refractivity contribution in [2.24, 2.45) is 0 Å². The summed E-state index contributed by atoms with van der Waals surface area (Å²) in [6.07, 6.45) is 0. The Balaban J connectivity index is 2.18. The molecular weight excluding hydrogens is 402 g/mol. The van der Waals surface area contributed by atoms with E-state index in [0.29, 0.717) is 17.9 Å².